The maximum absolute atomic E-state index is 11.5. The number of hydrogen-bond acceptors (Lipinski definition) is 4. The van der Waals surface area contributed by atoms with Crippen LogP contribution in [0.15, 0.2) is 29.3 Å². The minimum atomic E-state index is -0.486. The average molecular weight is 473 g/mol. The fourth-order valence-corrected chi connectivity index (χ4v) is 1.90. The first kappa shape index (κ1) is 24.0. The number of rotatable bonds is 6. The summed E-state index contributed by atoms with van der Waals surface area (Å²) in [6.07, 6.45) is 0.340. The van der Waals surface area contributed by atoms with Crippen LogP contribution in [0.3, 0.4) is 0 Å². The van der Waals surface area contributed by atoms with E-state index in [4.69, 9.17) is 10.00 Å². The number of benzene rings is 1. The minimum Gasteiger partial charge on any atom is -0.444 e. The predicted octanol–water partition coefficient (Wildman–Crippen LogP) is 2.76. The number of guanidine groups is 1. The van der Waals surface area contributed by atoms with Gasteiger partial charge >= 0.3 is 6.09 Å². The molecule has 0 fully saturated rings. The highest BCUT2D eigenvalue weighted by molar-refractivity contribution is 14.0. The van der Waals surface area contributed by atoms with Crippen molar-refractivity contribution >= 4 is 36.0 Å². The molecule has 1 amide bonds. The van der Waals surface area contributed by atoms with E-state index in [1.54, 1.807) is 19.2 Å². The van der Waals surface area contributed by atoms with Gasteiger partial charge in [0.15, 0.2) is 5.96 Å². The lowest BCUT2D eigenvalue weighted by Crippen LogP contribution is -2.39. The molecule has 0 saturated heterocycles. The van der Waals surface area contributed by atoms with E-state index >= 15 is 0 Å². The average Bonchev–Trinajstić information content (AvgIpc) is 2.56. The Morgan fingerprint density at radius 1 is 1.15 bits per heavy atom. The first-order valence-corrected chi connectivity index (χ1v) is 8.24. The summed E-state index contributed by atoms with van der Waals surface area (Å²) < 4.78 is 5.16. The molecule has 0 aliphatic rings. The molecule has 0 aromatic heterocycles. The van der Waals surface area contributed by atoms with Crippen LogP contribution in [-0.4, -0.2) is 37.8 Å². The number of carbonyl (C=O) groups is 1. The second-order valence-electron chi connectivity index (χ2n) is 6.44. The lowest BCUT2D eigenvalue weighted by Gasteiger charge is -2.19. The van der Waals surface area contributed by atoms with Crippen LogP contribution in [0.4, 0.5) is 4.79 Å². The molecule has 3 N–H and O–H groups in total. The zero-order chi connectivity index (χ0) is 18.7. The van der Waals surface area contributed by atoms with E-state index in [0.29, 0.717) is 31.2 Å². The van der Waals surface area contributed by atoms with E-state index in [9.17, 15) is 4.79 Å². The molecule has 0 spiro atoms. The van der Waals surface area contributed by atoms with Gasteiger partial charge in [-0.3, -0.25) is 4.99 Å². The van der Waals surface area contributed by atoms with E-state index in [-0.39, 0.29) is 24.0 Å². The minimum absolute atomic E-state index is 0. The molecule has 144 valence electrons. The van der Waals surface area contributed by atoms with Crippen LogP contribution in [0.2, 0.25) is 0 Å². The van der Waals surface area contributed by atoms with Gasteiger partial charge in [0.05, 0.1) is 11.6 Å². The summed E-state index contributed by atoms with van der Waals surface area (Å²) in [4.78, 5) is 15.7. The van der Waals surface area contributed by atoms with Gasteiger partial charge in [0, 0.05) is 26.7 Å². The zero-order valence-corrected chi connectivity index (χ0v) is 18.1. The largest absolute Gasteiger partial charge is 0.444 e. The fraction of sp³-hybridized carbons (Fsp3) is 0.500. The van der Waals surface area contributed by atoms with E-state index in [1.807, 2.05) is 32.9 Å². The van der Waals surface area contributed by atoms with Crippen molar-refractivity contribution in [2.75, 3.05) is 20.1 Å². The number of nitrogens with one attached hydrogen (secondary N) is 3. The van der Waals surface area contributed by atoms with Crippen molar-refractivity contribution in [2.24, 2.45) is 4.99 Å². The summed E-state index contributed by atoms with van der Waals surface area (Å²) in [5.74, 6) is 0.682. The number of aliphatic imine (C=N–C) groups is 1. The third-order valence-corrected chi connectivity index (χ3v) is 3.08. The molecule has 1 aromatic carbocycles. The van der Waals surface area contributed by atoms with Crippen molar-refractivity contribution in [3.05, 3.63) is 35.4 Å². The van der Waals surface area contributed by atoms with Gasteiger partial charge in [-0.05, 0) is 44.9 Å². The topological polar surface area (TPSA) is 98.5 Å². The number of nitrogens with zero attached hydrogens (tertiary/aromatic N) is 2. The Morgan fingerprint density at radius 3 is 2.31 bits per heavy atom. The van der Waals surface area contributed by atoms with E-state index in [2.05, 4.69) is 27.0 Å². The molecule has 0 aliphatic heterocycles. The summed E-state index contributed by atoms with van der Waals surface area (Å²) in [5.41, 5.74) is 1.22. The third-order valence-electron chi connectivity index (χ3n) is 3.08. The highest BCUT2D eigenvalue weighted by Gasteiger charge is 2.15. The van der Waals surface area contributed by atoms with Crippen molar-refractivity contribution in [1.82, 2.24) is 16.0 Å². The molecule has 0 unspecified atom stereocenters. The molecule has 26 heavy (non-hydrogen) atoms. The van der Waals surface area contributed by atoms with Gasteiger partial charge in [0.2, 0.25) is 0 Å². The van der Waals surface area contributed by atoms with E-state index in [0.717, 1.165) is 12.0 Å². The Hall–Kier alpha value is -2.02. The number of nitriles is 1. The summed E-state index contributed by atoms with van der Waals surface area (Å²) in [6.45, 7) is 7.30. The smallest absolute Gasteiger partial charge is 0.407 e. The molecular weight excluding hydrogens is 445 g/mol. The molecule has 1 rings (SSSR count). The molecule has 1 aromatic rings. The molecule has 0 aliphatic carbocycles. The van der Waals surface area contributed by atoms with E-state index < -0.39 is 11.7 Å². The van der Waals surface area contributed by atoms with Gasteiger partial charge in [-0.2, -0.15) is 5.26 Å². The Labute approximate surface area is 172 Å². The standard InChI is InChI=1S/C18H27N5O2.HI/c1-18(2,3)25-17(24)22-11-5-10-21-16(20-4)23-13-15-8-6-14(12-19)7-9-15;/h6-9H,5,10-11,13H2,1-4H3,(H,22,24)(H2,20,21,23);1H. The number of halogens is 1. The second kappa shape index (κ2) is 12.4. The van der Waals surface area contributed by atoms with Crippen LogP contribution in [0.5, 0.6) is 0 Å². The molecule has 0 heterocycles. The highest BCUT2D eigenvalue weighted by atomic mass is 127. The molecule has 0 atom stereocenters. The van der Waals surface area contributed by atoms with E-state index in [1.165, 1.54) is 0 Å². The quantitative estimate of drug-likeness (QED) is 0.256. The maximum atomic E-state index is 11.5. The molecular formula is C18H28IN5O2. The number of carbonyl (C=O) groups excluding carboxylic acids is 1. The molecule has 7 nitrogen and oxygen atoms in total. The summed E-state index contributed by atoms with van der Waals surface area (Å²) in [5, 5.41) is 17.9. The van der Waals surface area contributed by atoms with Gasteiger partial charge in [-0.25, -0.2) is 4.79 Å². The van der Waals surface area contributed by atoms with Gasteiger partial charge in [-0.1, -0.05) is 12.1 Å². The molecule has 0 saturated carbocycles. The third kappa shape index (κ3) is 10.8. The molecule has 0 bridgehead atoms. The second-order valence-corrected chi connectivity index (χ2v) is 6.44. The Balaban J connectivity index is 0.00000625. The Morgan fingerprint density at radius 2 is 1.77 bits per heavy atom. The van der Waals surface area contributed by atoms with Crippen LogP contribution < -0.4 is 16.0 Å². The predicted molar refractivity (Wildman–Crippen MR) is 114 cm³/mol. The van der Waals surface area contributed by atoms with Crippen LogP contribution in [0.25, 0.3) is 0 Å². The number of amides is 1. The highest BCUT2D eigenvalue weighted by Crippen LogP contribution is 2.06. The Kier molecular flexibility index (Phi) is 11.4. The normalized spacial score (nSPS) is 11.0. The van der Waals surface area contributed by atoms with Gasteiger partial charge < -0.3 is 20.7 Å². The maximum Gasteiger partial charge on any atom is 0.407 e. The SMILES string of the molecule is CN=C(NCCCNC(=O)OC(C)(C)C)NCc1ccc(C#N)cc1.I. The monoisotopic (exact) mass is 473 g/mol. The van der Waals surface area contributed by atoms with Crippen LogP contribution in [0, 0.1) is 11.3 Å². The lowest BCUT2D eigenvalue weighted by atomic mass is 10.1. The lowest BCUT2D eigenvalue weighted by molar-refractivity contribution is 0.0527. The van der Waals surface area contributed by atoms with Crippen LogP contribution >= 0.6 is 24.0 Å². The van der Waals surface area contributed by atoms with Crippen molar-refractivity contribution < 1.29 is 9.53 Å². The first-order valence-electron chi connectivity index (χ1n) is 8.24. The van der Waals surface area contributed by atoms with Crippen molar-refractivity contribution in [1.29, 1.82) is 5.26 Å². The van der Waals surface area contributed by atoms with Crippen molar-refractivity contribution in [3.8, 4) is 6.07 Å². The molecule has 8 heteroatoms. The number of ether oxygens (including phenoxy) is 1. The summed E-state index contributed by atoms with van der Waals surface area (Å²) in [6, 6.07) is 9.48. The number of hydrogen-bond donors (Lipinski definition) is 3. The first-order chi connectivity index (χ1) is 11.8. The van der Waals surface area contributed by atoms with Gasteiger partial charge in [0.25, 0.3) is 0 Å². The fourth-order valence-electron chi connectivity index (χ4n) is 1.90. The number of alkyl carbamates (subject to hydrolysis) is 1. The van der Waals surface area contributed by atoms with Crippen LogP contribution in [0.1, 0.15) is 38.3 Å². The van der Waals surface area contributed by atoms with Crippen LogP contribution in [-0.2, 0) is 11.3 Å². The van der Waals surface area contributed by atoms with Crippen molar-refractivity contribution in [3.63, 3.8) is 0 Å². The summed E-state index contributed by atoms with van der Waals surface area (Å²) >= 11 is 0. The molecule has 0 radical (unpaired) electrons. The zero-order valence-electron chi connectivity index (χ0n) is 15.8. The van der Waals surface area contributed by atoms with Gasteiger partial charge in [0.1, 0.15) is 5.60 Å². The summed E-state index contributed by atoms with van der Waals surface area (Å²) in [7, 11) is 1.70. The Bertz CT molecular complexity index is 618. The van der Waals surface area contributed by atoms with Crippen molar-refractivity contribution in [2.45, 2.75) is 39.3 Å². The van der Waals surface area contributed by atoms with Gasteiger partial charge in [-0.15, -0.1) is 24.0 Å².